The van der Waals surface area contributed by atoms with Crippen LogP contribution in [0.1, 0.15) is 42.0 Å². The molecule has 38 heavy (non-hydrogen) atoms. The lowest BCUT2D eigenvalue weighted by Crippen LogP contribution is -2.17. The number of pyridine rings is 1. The minimum absolute atomic E-state index is 0.101. The molecule has 194 valence electrons. The predicted octanol–water partition coefficient (Wildman–Crippen LogP) is 6.43. The number of rotatable bonds is 5. The number of hydrogen-bond acceptors (Lipinski definition) is 6. The van der Waals surface area contributed by atoms with E-state index in [1.165, 1.54) is 12.1 Å². The van der Waals surface area contributed by atoms with Gasteiger partial charge >= 0.3 is 0 Å². The van der Waals surface area contributed by atoms with E-state index in [-0.39, 0.29) is 11.2 Å². The molecule has 0 amide bonds. The Labute approximate surface area is 219 Å². The van der Waals surface area contributed by atoms with Gasteiger partial charge in [-0.25, -0.2) is 4.39 Å². The normalized spacial score (nSPS) is 11.8. The van der Waals surface area contributed by atoms with Crippen molar-refractivity contribution in [2.24, 2.45) is 0 Å². The molecule has 0 unspecified atom stereocenters. The molecule has 0 fully saturated rings. The van der Waals surface area contributed by atoms with Gasteiger partial charge in [0.05, 0.1) is 16.8 Å². The van der Waals surface area contributed by atoms with Crippen LogP contribution >= 0.6 is 0 Å². The fourth-order valence-electron chi connectivity index (χ4n) is 4.54. The van der Waals surface area contributed by atoms with Gasteiger partial charge in [0.15, 0.2) is 11.2 Å². The molecule has 3 aromatic carbocycles. The zero-order chi connectivity index (χ0) is 27.4. The average molecular weight is 514 g/mol. The van der Waals surface area contributed by atoms with Crippen molar-refractivity contribution in [1.82, 2.24) is 14.8 Å². The number of hydrogen-bond donors (Lipinski definition) is 1. The highest BCUT2D eigenvalue weighted by molar-refractivity contribution is 5.85. The molecule has 5 rings (SSSR count). The van der Waals surface area contributed by atoms with Gasteiger partial charge in [0.1, 0.15) is 11.6 Å². The number of halogens is 1. The van der Waals surface area contributed by atoms with E-state index in [4.69, 9.17) is 9.15 Å². The highest BCUT2D eigenvalue weighted by Gasteiger charge is 2.21. The third-order valence-electron chi connectivity index (χ3n) is 6.52. The summed E-state index contributed by atoms with van der Waals surface area (Å²) < 4.78 is 27.9. The van der Waals surface area contributed by atoms with Crippen molar-refractivity contribution in [1.29, 1.82) is 0 Å². The van der Waals surface area contributed by atoms with Crippen molar-refractivity contribution >= 4 is 10.9 Å². The summed E-state index contributed by atoms with van der Waals surface area (Å²) in [4.78, 5) is 13.1. The smallest absolute Gasteiger partial charge is 0.247 e. The maximum atomic E-state index is 14.0. The van der Waals surface area contributed by atoms with E-state index in [1.54, 1.807) is 72.0 Å². The molecule has 0 radical (unpaired) electrons. The van der Waals surface area contributed by atoms with Gasteiger partial charge in [-0.15, -0.1) is 10.2 Å². The van der Waals surface area contributed by atoms with Gasteiger partial charge in [-0.2, -0.15) is 0 Å². The molecule has 1 N–H and O–H groups in total. The molecule has 2 aromatic heterocycles. The van der Waals surface area contributed by atoms with Gasteiger partial charge in [-0.3, -0.25) is 4.79 Å². The average Bonchev–Trinajstić information content (AvgIpc) is 3.29. The van der Waals surface area contributed by atoms with E-state index in [0.29, 0.717) is 67.7 Å². The molecular formula is C30H28FN3O4. The van der Waals surface area contributed by atoms with Crippen molar-refractivity contribution in [3.05, 3.63) is 98.9 Å². The Morgan fingerprint density at radius 3 is 2.29 bits per heavy atom. The van der Waals surface area contributed by atoms with E-state index >= 15 is 0 Å². The number of aromatic nitrogens is 3. The topological polar surface area (TPSA) is 90.4 Å². The molecule has 5 aromatic rings. The summed E-state index contributed by atoms with van der Waals surface area (Å²) >= 11 is 0. The third kappa shape index (κ3) is 4.59. The van der Waals surface area contributed by atoms with Crippen LogP contribution in [0.15, 0.2) is 63.9 Å². The number of nitrogens with zero attached hydrogens (tertiary/aromatic N) is 3. The van der Waals surface area contributed by atoms with Gasteiger partial charge in [0.25, 0.3) is 0 Å². The molecule has 0 atom stereocenters. The summed E-state index contributed by atoms with van der Waals surface area (Å²) in [6.07, 6.45) is 1.74. The van der Waals surface area contributed by atoms with E-state index in [0.717, 1.165) is 0 Å². The third-order valence-corrected chi connectivity index (χ3v) is 6.52. The maximum absolute atomic E-state index is 14.0. The molecule has 0 spiro atoms. The minimum Gasteiger partial charge on any atom is -0.455 e. The summed E-state index contributed by atoms with van der Waals surface area (Å²) in [7, 11) is 0. The SMILES string of the molecule is Cc1nnc(-c2ccc3c(=O)c(C)cn(-c4cc(C(C)(C)O)ccc4Oc4c(C)cc(F)cc4C)c3c2)o1. The van der Waals surface area contributed by atoms with Gasteiger partial charge in [0.2, 0.25) is 11.8 Å². The number of ether oxygens (including phenoxy) is 1. The summed E-state index contributed by atoms with van der Waals surface area (Å²) in [5.74, 6) is 1.44. The molecule has 0 aliphatic rings. The van der Waals surface area contributed by atoms with Gasteiger partial charge in [-0.1, -0.05) is 6.07 Å². The number of aliphatic hydroxyl groups is 1. The largest absolute Gasteiger partial charge is 0.455 e. The first-order valence-corrected chi connectivity index (χ1v) is 12.2. The molecule has 7 nitrogen and oxygen atoms in total. The number of benzene rings is 3. The van der Waals surface area contributed by atoms with Crippen molar-refractivity contribution < 1.29 is 18.7 Å². The molecule has 0 bridgehead atoms. The number of fused-ring (bicyclic) bond motifs is 1. The Morgan fingerprint density at radius 1 is 0.947 bits per heavy atom. The second-order valence-corrected chi connectivity index (χ2v) is 10.1. The molecule has 2 heterocycles. The Morgan fingerprint density at radius 2 is 1.66 bits per heavy atom. The Bertz CT molecular complexity index is 1740. The minimum atomic E-state index is -1.13. The van der Waals surface area contributed by atoms with Crippen LogP contribution in [0.4, 0.5) is 4.39 Å². The lowest BCUT2D eigenvalue weighted by Gasteiger charge is -2.23. The highest BCUT2D eigenvalue weighted by atomic mass is 19.1. The quantitative estimate of drug-likeness (QED) is 0.291. The van der Waals surface area contributed by atoms with Gasteiger partial charge in [0, 0.05) is 29.6 Å². The van der Waals surface area contributed by atoms with Crippen LogP contribution in [0.3, 0.4) is 0 Å². The van der Waals surface area contributed by atoms with E-state index in [1.807, 2.05) is 16.7 Å². The van der Waals surface area contributed by atoms with Crippen LogP contribution in [0.2, 0.25) is 0 Å². The highest BCUT2D eigenvalue weighted by Crippen LogP contribution is 2.37. The van der Waals surface area contributed by atoms with E-state index in [2.05, 4.69) is 10.2 Å². The second kappa shape index (κ2) is 9.22. The molecular weight excluding hydrogens is 485 g/mol. The Kier molecular flexibility index (Phi) is 6.15. The Hall–Kier alpha value is -4.30. The maximum Gasteiger partial charge on any atom is 0.247 e. The first kappa shape index (κ1) is 25.4. The van der Waals surface area contributed by atoms with Crippen molar-refractivity contribution in [3.8, 4) is 28.6 Å². The van der Waals surface area contributed by atoms with Crippen molar-refractivity contribution in [3.63, 3.8) is 0 Å². The monoisotopic (exact) mass is 513 g/mol. The summed E-state index contributed by atoms with van der Waals surface area (Å²) in [5.41, 5.74) is 3.10. The van der Waals surface area contributed by atoms with E-state index in [9.17, 15) is 14.3 Å². The fourth-order valence-corrected chi connectivity index (χ4v) is 4.54. The number of aryl methyl sites for hydroxylation is 4. The lowest BCUT2D eigenvalue weighted by atomic mass is 9.97. The zero-order valence-corrected chi connectivity index (χ0v) is 22.1. The lowest BCUT2D eigenvalue weighted by molar-refractivity contribution is 0.0785. The van der Waals surface area contributed by atoms with Crippen LogP contribution in [0.5, 0.6) is 11.5 Å². The summed E-state index contributed by atoms with van der Waals surface area (Å²) in [6, 6.07) is 13.6. The van der Waals surface area contributed by atoms with Crippen molar-refractivity contribution in [2.75, 3.05) is 0 Å². The van der Waals surface area contributed by atoms with Crippen molar-refractivity contribution in [2.45, 2.75) is 47.1 Å². The Balaban J connectivity index is 1.80. The van der Waals surface area contributed by atoms with Crippen LogP contribution < -0.4 is 10.2 Å². The van der Waals surface area contributed by atoms with Crippen LogP contribution in [-0.2, 0) is 5.60 Å². The molecule has 0 saturated heterocycles. The summed E-state index contributed by atoms with van der Waals surface area (Å²) in [5, 5.41) is 19.3. The zero-order valence-electron chi connectivity index (χ0n) is 22.1. The van der Waals surface area contributed by atoms with E-state index < -0.39 is 5.60 Å². The fraction of sp³-hybridized carbons (Fsp3) is 0.233. The molecule has 0 aliphatic heterocycles. The van der Waals surface area contributed by atoms with Gasteiger partial charge < -0.3 is 18.8 Å². The first-order valence-electron chi connectivity index (χ1n) is 12.2. The standard InChI is InChI=1S/C30H28FN3O4/c1-16-11-22(31)12-17(2)28(16)38-26-10-8-21(30(5,6)36)14-25(26)34-15-18(3)27(35)23-9-7-20(13-24(23)34)29-33-32-19(4)37-29/h7-15,36H,1-6H3. The van der Waals surface area contributed by atoms with Crippen LogP contribution in [0, 0.1) is 33.5 Å². The van der Waals surface area contributed by atoms with Crippen LogP contribution in [0.25, 0.3) is 28.0 Å². The predicted molar refractivity (Wildman–Crippen MR) is 144 cm³/mol. The van der Waals surface area contributed by atoms with Crippen LogP contribution in [-0.4, -0.2) is 19.9 Å². The molecule has 8 heteroatoms. The first-order chi connectivity index (χ1) is 17.9. The van der Waals surface area contributed by atoms with Gasteiger partial charge in [-0.05, 0) is 93.8 Å². The second-order valence-electron chi connectivity index (χ2n) is 10.1. The summed E-state index contributed by atoms with van der Waals surface area (Å²) in [6.45, 7) is 10.4. The molecule has 0 saturated carbocycles. The molecule has 0 aliphatic carbocycles.